The Morgan fingerprint density at radius 2 is 2.08 bits per heavy atom. The summed E-state index contributed by atoms with van der Waals surface area (Å²) >= 11 is 1.04. The van der Waals surface area contributed by atoms with Crippen LogP contribution in [-0.2, 0) is 27.9 Å². The lowest BCUT2D eigenvalue weighted by Crippen LogP contribution is -2.39. The lowest BCUT2D eigenvalue weighted by molar-refractivity contribution is -0.117. The van der Waals surface area contributed by atoms with E-state index in [1.54, 1.807) is 38.6 Å². The van der Waals surface area contributed by atoms with Gasteiger partial charge in [0.25, 0.3) is 0 Å². The second-order valence-electron chi connectivity index (χ2n) is 10.2. The third kappa shape index (κ3) is 8.71. The van der Waals surface area contributed by atoms with Crippen molar-refractivity contribution in [2.45, 2.75) is 66.4 Å². The summed E-state index contributed by atoms with van der Waals surface area (Å²) < 4.78 is 41.4. The smallest absolute Gasteiger partial charge is 0.476 e. The molecule has 1 saturated heterocycles. The SMILES string of the molecule is CCOc1nc(N)nc2c1ncn2[C@@H]1O[C@H](CO[P+](=O)OCCSC(=O)C(C)(C)CNC(=O)OC(C)C)C[C@@H]1C. The van der Waals surface area contributed by atoms with Gasteiger partial charge in [0.1, 0.15) is 19.4 Å². The highest BCUT2D eigenvalue weighted by molar-refractivity contribution is 8.13. The average Bonchev–Trinajstić information content (AvgIpc) is 3.46. The summed E-state index contributed by atoms with van der Waals surface area (Å²) in [5, 5.41) is 2.46. The van der Waals surface area contributed by atoms with Crippen LogP contribution in [0.4, 0.5) is 10.7 Å². The van der Waals surface area contributed by atoms with E-state index in [4.69, 9.17) is 29.0 Å². The molecule has 0 aliphatic carbocycles. The number of fused-ring (bicyclic) bond motifs is 1. The molecule has 3 heterocycles. The van der Waals surface area contributed by atoms with E-state index >= 15 is 0 Å². The maximum absolute atomic E-state index is 12.5. The molecule has 1 unspecified atom stereocenters. The fraction of sp³-hybridized carbons (Fsp3) is 0.708. The number of hydrogen-bond acceptors (Lipinski definition) is 13. The minimum atomic E-state index is -2.40. The molecule has 1 amide bonds. The van der Waals surface area contributed by atoms with E-state index in [2.05, 4.69) is 20.3 Å². The fourth-order valence-electron chi connectivity index (χ4n) is 3.94. The van der Waals surface area contributed by atoms with E-state index in [1.807, 2.05) is 13.8 Å². The maximum Gasteiger partial charge on any atom is 0.697 e. The molecule has 0 saturated carbocycles. The Bertz CT molecular complexity index is 1200. The molecule has 2 aromatic heterocycles. The van der Waals surface area contributed by atoms with Gasteiger partial charge < -0.3 is 25.3 Å². The Hall–Kier alpha value is -2.58. The zero-order valence-corrected chi connectivity index (χ0v) is 25.3. The van der Waals surface area contributed by atoms with Crippen molar-refractivity contribution in [3.8, 4) is 5.88 Å². The Balaban J connectivity index is 1.40. The number of alkyl carbamates (subject to hydrolysis) is 1. The molecule has 1 aliphatic rings. The van der Waals surface area contributed by atoms with Crippen molar-refractivity contribution in [1.82, 2.24) is 24.8 Å². The van der Waals surface area contributed by atoms with Gasteiger partial charge in [-0.2, -0.15) is 9.97 Å². The van der Waals surface area contributed by atoms with Crippen LogP contribution < -0.4 is 15.8 Å². The summed E-state index contributed by atoms with van der Waals surface area (Å²) in [6, 6.07) is 0. The third-order valence-corrected chi connectivity index (χ3v) is 7.80. The highest BCUT2D eigenvalue weighted by Gasteiger charge is 2.37. The predicted molar refractivity (Wildman–Crippen MR) is 149 cm³/mol. The molecule has 0 radical (unpaired) electrons. The predicted octanol–water partition coefficient (Wildman–Crippen LogP) is 3.84. The Morgan fingerprint density at radius 3 is 2.77 bits per heavy atom. The van der Waals surface area contributed by atoms with Crippen molar-refractivity contribution < 1.29 is 37.4 Å². The van der Waals surface area contributed by atoms with Gasteiger partial charge in [0, 0.05) is 22.8 Å². The largest absolute Gasteiger partial charge is 0.697 e. The van der Waals surface area contributed by atoms with Crippen molar-refractivity contribution in [2.24, 2.45) is 11.3 Å². The van der Waals surface area contributed by atoms with Crippen LogP contribution in [0.3, 0.4) is 0 Å². The Labute approximate surface area is 238 Å². The van der Waals surface area contributed by atoms with Gasteiger partial charge in [0.15, 0.2) is 16.3 Å². The van der Waals surface area contributed by atoms with Crippen molar-refractivity contribution in [3.63, 3.8) is 0 Å². The van der Waals surface area contributed by atoms with E-state index in [0.717, 1.165) is 11.8 Å². The number of nitrogen functional groups attached to an aromatic ring is 1. The van der Waals surface area contributed by atoms with Crippen molar-refractivity contribution in [1.29, 1.82) is 0 Å². The molecule has 222 valence electrons. The monoisotopic (exact) mass is 601 g/mol. The van der Waals surface area contributed by atoms with Crippen LogP contribution in [0, 0.1) is 11.3 Å². The van der Waals surface area contributed by atoms with Gasteiger partial charge in [0.2, 0.25) is 11.8 Å². The first-order valence-corrected chi connectivity index (χ1v) is 15.1. The van der Waals surface area contributed by atoms with Crippen LogP contribution in [0.5, 0.6) is 5.88 Å². The number of imidazole rings is 1. The summed E-state index contributed by atoms with van der Waals surface area (Å²) in [4.78, 5) is 37.0. The van der Waals surface area contributed by atoms with Crippen LogP contribution in [0.25, 0.3) is 11.2 Å². The summed E-state index contributed by atoms with van der Waals surface area (Å²) in [6.45, 7) is 11.5. The molecule has 3 rings (SSSR count). The van der Waals surface area contributed by atoms with Gasteiger partial charge in [-0.05, 0) is 27.2 Å². The van der Waals surface area contributed by atoms with Crippen LogP contribution in [-0.4, -0.2) is 75.1 Å². The number of carbonyl (C=O) groups excluding carboxylic acids is 2. The van der Waals surface area contributed by atoms with Gasteiger partial charge in [0.05, 0.1) is 30.6 Å². The molecular weight excluding hydrogens is 563 g/mol. The number of carbonyl (C=O) groups is 2. The molecule has 3 N–H and O–H groups in total. The molecular formula is C24H38N6O8PS+. The highest BCUT2D eigenvalue weighted by atomic mass is 32.2. The average molecular weight is 602 g/mol. The Morgan fingerprint density at radius 1 is 1.32 bits per heavy atom. The maximum atomic E-state index is 12.5. The second kappa shape index (κ2) is 14.4. The van der Waals surface area contributed by atoms with E-state index < -0.39 is 19.8 Å². The molecule has 0 bridgehead atoms. The number of nitrogens with two attached hydrogens (primary N) is 1. The highest BCUT2D eigenvalue weighted by Crippen LogP contribution is 2.38. The second-order valence-corrected chi connectivity index (χ2v) is 12.2. The quantitative estimate of drug-likeness (QED) is 0.236. The third-order valence-electron chi connectivity index (χ3n) is 5.86. The number of nitrogens with one attached hydrogen (secondary N) is 1. The summed E-state index contributed by atoms with van der Waals surface area (Å²) in [5.41, 5.74) is 6.05. The first-order valence-electron chi connectivity index (χ1n) is 13.0. The van der Waals surface area contributed by atoms with Gasteiger partial charge in [-0.25, -0.2) is 9.78 Å². The molecule has 0 aromatic carbocycles. The van der Waals surface area contributed by atoms with Gasteiger partial charge >= 0.3 is 14.3 Å². The van der Waals surface area contributed by atoms with Crippen molar-refractivity contribution >= 4 is 48.3 Å². The van der Waals surface area contributed by atoms with Crippen molar-refractivity contribution in [3.05, 3.63) is 6.33 Å². The van der Waals surface area contributed by atoms with Crippen LogP contribution >= 0.6 is 20.0 Å². The zero-order chi connectivity index (χ0) is 29.4. The lowest BCUT2D eigenvalue weighted by Gasteiger charge is -2.22. The fourth-order valence-corrected chi connectivity index (χ4v) is 5.48. The minimum absolute atomic E-state index is 0.0549. The van der Waals surface area contributed by atoms with E-state index in [-0.39, 0.29) is 60.9 Å². The molecule has 0 spiro atoms. The van der Waals surface area contributed by atoms with Crippen molar-refractivity contribution in [2.75, 3.05) is 37.9 Å². The summed E-state index contributed by atoms with van der Waals surface area (Å²) in [6.07, 6.45) is 0.748. The van der Waals surface area contributed by atoms with E-state index in [0.29, 0.717) is 30.1 Å². The number of aromatic nitrogens is 4. The number of rotatable bonds is 14. The number of hydrogen-bond donors (Lipinski definition) is 2. The molecule has 40 heavy (non-hydrogen) atoms. The lowest BCUT2D eigenvalue weighted by atomic mass is 9.96. The van der Waals surface area contributed by atoms with Gasteiger partial charge in [-0.1, -0.05) is 32.5 Å². The number of thioether (sulfide) groups is 1. The molecule has 1 aliphatic heterocycles. The topological polar surface area (TPSA) is 179 Å². The number of nitrogens with zero attached hydrogens (tertiary/aromatic N) is 4. The van der Waals surface area contributed by atoms with Gasteiger partial charge in [-0.3, -0.25) is 9.36 Å². The van der Waals surface area contributed by atoms with E-state index in [1.165, 1.54) is 0 Å². The van der Waals surface area contributed by atoms with Crippen LogP contribution in [0.1, 0.15) is 54.2 Å². The summed E-state index contributed by atoms with van der Waals surface area (Å²) in [5.74, 6) is 0.757. The molecule has 16 heteroatoms. The number of anilines is 1. The van der Waals surface area contributed by atoms with Gasteiger partial charge in [-0.15, -0.1) is 9.05 Å². The first kappa shape index (κ1) is 31.9. The first-order chi connectivity index (χ1) is 18.9. The standard InChI is InChI=1S/C24H37N6O8PS/c1-7-34-19-17-18(28-22(25)29-19)30(13-27-17)20-15(4)10-16(38-20)11-36-39(33)35-8-9-40-21(31)24(5,6)12-26-23(32)37-14(2)3/h13-16,20H,7-12H2,1-6H3,(H2-,25,26,28,29,32)/p+1/t15-,16-,20+/m0/s1. The number of ether oxygens (including phenoxy) is 3. The van der Waals surface area contributed by atoms with Crippen LogP contribution in [0.2, 0.25) is 0 Å². The zero-order valence-electron chi connectivity index (χ0n) is 23.6. The number of amides is 1. The normalized spacial score (nSPS) is 19.7. The minimum Gasteiger partial charge on any atom is -0.476 e. The van der Waals surface area contributed by atoms with E-state index in [9.17, 15) is 14.2 Å². The van der Waals surface area contributed by atoms with Crippen LogP contribution in [0.15, 0.2) is 6.33 Å². The molecule has 2 aromatic rings. The molecule has 4 atom stereocenters. The molecule has 14 nitrogen and oxygen atoms in total. The Kier molecular flexibility index (Phi) is 11.5. The molecule has 1 fully saturated rings. The summed E-state index contributed by atoms with van der Waals surface area (Å²) in [7, 11) is -2.40.